The summed E-state index contributed by atoms with van der Waals surface area (Å²) in [6.07, 6.45) is -0.676. The van der Waals surface area contributed by atoms with Crippen LogP contribution in [0.3, 0.4) is 0 Å². The number of carboxylic acid groups (broad SMARTS) is 1. The van der Waals surface area contributed by atoms with Gasteiger partial charge in [-0.05, 0) is 63.3 Å². The highest BCUT2D eigenvalue weighted by Crippen LogP contribution is 2.46. The van der Waals surface area contributed by atoms with Crippen LogP contribution in [0.4, 0.5) is 18.3 Å². The fourth-order valence-electron chi connectivity index (χ4n) is 5.71. The van der Waals surface area contributed by atoms with E-state index >= 15 is 0 Å². The van der Waals surface area contributed by atoms with Gasteiger partial charge in [0.2, 0.25) is 0 Å². The Morgan fingerprint density at radius 1 is 1.19 bits per heavy atom. The van der Waals surface area contributed by atoms with E-state index in [4.69, 9.17) is 14.2 Å². The van der Waals surface area contributed by atoms with Crippen molar-refractivity contribution in [1.29, 1.82) is 0 Å². The van der Waals surface area contributed by atoms with Gasteiger partial charge in [-0.3, -0.25) is 0 Å². The normalized spacial score (nSPS) is 20.9. The minimum atomic E-state index is -4.83. The zero-order valence-corrected chi connectivity index (χ0v) is 25.1. The van der Waals surface area contributed by atoms with Crippen LogP contribution in [0.15, 0.2) is 46.3 Å². The molecule has 0 radical (unpaired) electrons. The Bertz CT molecular complexity index is 1600. The molecule has 1 saturated heterocycles. The van der Waals surface area contributed by atoms with E-state index in [1.807, 2.05) is 5.38 Å². The molecule has 228 valence electrons. The molecule has 0 unspecified atom stereocenters. The zero-order valence-electron chi connectivity index (χ0n) is 23.5. The lowest BCUT2D eigenvalue weighted by Crippen LogP contribution is -2.50. The second kappa shape index (κ2) is 11.9. The Morgan fingerprint density at radius 2 is 1.98 bits per heavy atom. The van der Waals surface area contributed by atoms with Crippen molar-refractivity contribution in [3.05, 3.63) is 58.0 Å². The summed E-state index contributed by atoms with van der Waals surface area (Å²) < 4.78 is 55.8. The fraction of sp³-hybridized carbons (Fsp3) is 0.433. The Morgan fingerprint density at radius 3 is 2.67 bits per heavy atom. The van der Waals surface area contributed by atoms with Gasteiger partial charge in [0.15, 0.2) is 5.13 Å². The van der Waals surface area contributed by atoms with E-state index in [1.54, 1.807) is 35.6 Å². The third-order valence-electron chi connectivity index (χ3n) is 7.86. The number of carbonyl (C=O) groups is 1. The van der Waals surface area contributed by atoms with Crippen molar-refractivity contribution >= 4 is 33.8 Å². The summed E-state index contributed by atoms with van der Waals surface area (Å²) in [5.74, 6) is -0.419. The van der Waals surface area contributed by atoms with Gasteiger partial charge in [0.1, 0.15) is 22.1 Å². The number of benzene rings is 1. The van der Waals surface area contributed by atoms with Crippen LogP contribution in [-0.2, 0) is 11.3 Å². The maximum atomic E-state index is 13.1. The molecule has 6 rings (SSSR count). The first-order valence-corrected chi connectivity index (χ1v) is 15.8. The van der Waals surface area contributed by atoms with Gasteiger partial charge >= 0.3 is 12.3 Å². The van der Waals surface area contributed by atoms with Crippen LogP contribution in [0.2, 0.25) is 0 Å². The topological polar surface area (TPSA) is 97.9 Å². The Labute approximate surface area is 254 Å². The number of rotatable bonds is 10. The number of aromatic carboxylic acids is 1. The fourth-order valence-corrected chi connectivity index (χ4v) is 7.59. The van der Waals surface area contributed by atoms with E-state index in [2.05, 4.69) is 28.6 Å². The quantitative estimate of drug-likeness (QED) is 0.186. The van der Waals surface area contributed by atoms with Gasteiger partial charge < -0.3 is 24.0 Å². The van der Waals surface area contributed by atoms with E-state index in [1.165, 1.54) is 23.5 Å². The second-order valence-electron chi connectivity index (χ2n) is 10.9. The molecule has 0 amide bonds. The molecule has 0 bridgehead atoms. The van der Waals surface area contributed by atoms with Gasteiger partial charge in [-0.1, -0.05) is 24.2 Å². The van der Waals surface area contributed by atoms with Crippen molar-refractivity contribution in [2.24, 2.45) is 0 Å². The predicted molar refractivity (Wildman–Crippen MR) is 157 cm³/mol. The van der Waals surface area contributed by atoms with Crippen LogP contribution in [0, 0.1) is 0 Å². The average molecular weight is 634 g/mol. The molecule has 1 saturated carbocycles. The first-order valence-electron chi connectivity index (χ1n) is 14.1. The summed E-state index contributed by atoms with van der Waals surface area (Å²) in [6.45, 7) is 4.43. The zero-order chi connectivity index (χ0) is 30.3. The third kappa shape index (κ3) is 6.43. The minimum absolute atomic E-state index is 0.0810. The van der Waals surface area contributed by atoms with E-state index in [9.17, 15) is 23.1 Å². The summed E-state index contributed by atoms with van der Waals surface area (Å²) >= 11 is 2.75. The Balaban J connectivity index is 1.19. The van der Waals surface area contributed by atoms with Crippen LogP contribution in [0.5, 0.6) is 5.75 Å². The van der Waals surface area contributed by atoms with E-state index in [0.29, 0.717) is 17.0 Å². The lowest BCUT2D eigenvalue weighted by atomic mass is 9.92. The molecule has 8 nitrogen and oxygen atoms in total. The second-order valence-corrected chi connectivity index (χ2v) is 12.8. The van der Waals surface area contributed by atoms with E-state index in [-0.39, 0.29) is 46.9 Å². The molecule has 13 heteroatoms. The van der Waals surface area contributed by atoms with Gasteiger partial charge in [0, 0.05) is 34.5 Å². The average Bonchev–Trinajstić information content (AvgIpc) is 3.33. The number of thiophene rings is 1. The minimum Gasteiger partial charge on any atom is -0.477 e. The molecule has 3 aromatic heterocycles. The van der Waals surface area contributed by atoms with Crippen LogP contribution >= 0.6 is 22.7 Å². The predicted octanol–water partition coefficient (Wildman–Crippen LogP) is 8.35. The number of hydrogen-bond acceptors (Lipinski definition) is 9. The van der Waals surface area contributed by atoms with E-state index < -0.39 is 12.3 Å². The Hall–Kier alpha value is -3.42. The lowest BCUT2D eigenvalue weighted by molar-refractivity contribution is -0.274. The summed E-state index contributed by atoms with van der Waals surface area (Å²) in [5.41, 5.74) is 1.96. The maximum Gasteiger partial charge on any atom is 0.573 e. The number of alkyl halides is 3. The van der Waals surface area contributed by atoms with Crippen molar-refractivity contribution in [2.45, 2.75) is 83.0 Å². The number of hydrogen-bond donors (Lipinski definition) is 1. The number of nitrogens with zero attached hydrogens (tertiary/aromatic N) is 3. The lowest BCUT2D eigenvalue weighted by Gasteiger charge is -2.43. The molecule has 2 fully saturated rings. The van der Waals surface area contributed by atoms with Crippen LogP contribution < -0.4 is 9.64 Å². The van der Waals surface area contributed by atoms with Crippen LogP contribution in [0.25, 0.3) is 21.8 Å². The number of carboxylic acids is 1. The first-order chi connectivity index (χ1) is 20.6. The molecule has 43 heavy (non-hydrogen) atoms. The Kier molecular flexibility index (Phi) is 8.22. The SMILES string of the molecule is CC[C@@H]1C[C@H](OCc2c(-c3ccccc3OC(F)(F)F)noc2C2CC2)C[C@H](C)N1c1nc(-c2ccc(C(=O)O)s2)cs1. The third-order valence-corrected chi connectivity index (χ3v) is 9.81. The molecule has 4 aromatic rings. The smallest absolute Gasteiger partial charge is 0.477 e. The van der Waals surface area contributed by atoms with E-state index in [0.717, 1.165) is 47.8 Å². The summed E-state index contributed by atoms with van der Waals surface area (Å²) in [4.78, 5) is 19.6. The number of para-hydroxylation sites is 1. The van der Waals surface area contributed by atoms with Crippen molar-refractivity contribution < 1.29 is 37.1 Å². The highest BCUT2D eigenvalue weighted by Gasteiger charge is 2.38. The monoisotopic (exact) mass is 633 g/mol. The summed E-state index contributed by atoms with van der Waals surface area (Å²) in [7, 11) is 0. The number of halogens is 3. The molecular weight excluding hydrogens is 603 g/mol. The van der Waals surface area contributed by atoms with Gasteiger partial charge in [0.05, 0.1) is 23.3 Å². The van der Waals surface area contributed by atoms with Crippen molar-refractivity contribution in [3.8, 4) is 27.6 Å². The molecule has 4 heterocycles. The molecule has 3 atom stereocenters. The van der Waals surface area contributed by atoms with Crippen molar-refractivity contribution in [3.63, 3.8) is 0 Å². The number of anilines is 1. The molecule has 0 spiro atoms. The molecule has 1 aromatic carbocycles. The number of piperidine rings is 1. The number of ether oxygens (including phenoxy) is 2. The highest BCUT2D eigenvalue weighted by molar-refractivity contribution is 7.18. The largest absolute Gasteiger partial charge is 0.573 e. The van der Waals surface area contributed by atoms with Gasteiger partial charge in [-0.2, -0.15) is 0 Å². The van der Waals surface area contributed by atoms with Gasteiger partial charge in [-0.25, -0.2) is 9.78 Å². The molecule has 1 aliphatic heterocycles. The molecule has 1 aliphatic carbocycles. The van der Waals surface area contributed by atoms with Crippen molar-refractivity contribution in [1.82, 2.24) is 10.1 Å². The molecule has 2 aliphatic rings. The standard InChI is InChI=1S/C30H30F3N3O5S2/c1-3-18-13-19(12-16(2)36(18)29-34-22(15-42-29)24-10-11-25(43-24)28(37)38)39-14-21-26(35-41-27(21)17-8-9-17)20-6-4-5-7-23(20)40-30(31,32)33/h4-7,10-11,15-19H,3,8-9,12-14H2,1-2H3,(H,37,38)/t16-,18+,19+/m0/s1. The highest BCUT2D eigenvalue weighted by atomic mass is 32.1. The molecular formula is C30H30F3N3O5S2. The van der Waals surface area contributed by atoms with Gasteiger partial charge in [-0.15, -0.1) is 35.8 Å². The van der Waals surface area contributed by atoms with Crippen molar-refractivity contribution in [2.75, 3.05) is 4.90 Å². The number of aromatic nitrogens is 2. The van der Waals surface area contributed by atoms with Crippen LogP contribution in [0.1, 0.15) is 72.9 Å². The first kappa shape index (κ1) is 29.6. The maximum absolute atomic E-state index is 13.1. The van der Waals surface area contributed by atoms with Gasteiger partial charge in [0.25, 0.3) is 0 Å². The van der Waals surface area contributed by atoms with Crippen LogP contribution in [-0.4, -0.2) is 45.8 Å². The molecule has 1 N–H and O–H groups in total. The summed E-state index contributed by atoms with van der Waals surface area (Å²) in [5, 5.41) is 16.3. The number of thiazole rings is 1. The summed E-state index contributed by atoms with van der Waals surface area (Å²) in [6, 6.07) is 9.62.